The Hall–Kier alpha value is -1.88. The minimum absolute atomic E-state index is 0.189. The predicted octanol–water partition coefficient (Wildman–Crippen LogP) is 2.14. The van der Waals surface area contributed by atoms with Gasteiger partial charge in [-0.15, -0.1) is 0 Å². The third-order valence-electron chi connectivity index (χ3n) is 4.38. The van der Waals surface area contributed by atoms with Crippen LogP contribution in [0, 0.1) is 5.92 Å². The van der Waals surface area contributed by atoms with Crippen molar-refractivity contribution in [2.45, 2.75) is 25.2 Å². The number of aromatic nitrogens is 2. The van der Waals surface area contributed by atoms with E-state index in [2.05, 4.69) is 21.5 Å². The zero-order valence-corrected chi connectivity index (χ0v) is 11.9. The molecule has 5 nitrogen and oxygen atoms in total. The topological polar surface area (TPSA) is 60.2 Å². The highest BCUT2D eigenvalue weighted by Crippen LogP contribution is 2.36. The van der Waals surface area contributed by atoms with E-state index in [1.54, 1.807) is 0 Å². The molecule has 2 aliphatic heterocycles. The SMILES string of the molecule is c1ccc2c(c1)OCCC2c1noc(CC2CCNC2)n1. The fourth-order valence-corrected chi connectivity index (χ4v) is 3.24. The highest BCUT2D eigenvalue weighted by atomic mass is 16.5. The maximum Gasteiger partial charge on any atom is 0.226 e. The molecule has 0 spiro atoms. The van der Waals surface area contributed by atoms with Gasteiger partial charge < -0.3 is 14.6 Å². The van der Waals surface area contributed by atoms with Gasteiger partial charge in [-0.25, -0.2) is 0 Å². The summed E-state index contributed by atoms with van der Waals surface area (Å²) in [4.78, 5) is 4.64. The third kappa shape index (κ3) is 2.53. The van der Waals surface area contributed by atoms with Crippen molar-refractivity contribution in [3.05, 3.63) is 41.5 Å². The first-order chi connectivity index (χ1) is 10.4. The van der Waals surface area contributed by atoms with Crippen LogP contribution in [0.4, 0.5) is 0 Å². The molecular weight excluding hydrogens is 266 g/mol. The van der Waals surface area contributed by atoms with E-state index in [9.17, 15) is 0 Å². The van der Waals surface area contributed by atoms with E-state index >= 15 is 0 Å². The van der Waals surface area contributed by atoms with Crippen LogP contribution >= 0.6 is 0 Å². The predicted molar refractivity (Wildman–Crippen MR) is 77.4 cm³/mol. The summed E-state index contributed by atoms with van der Waals surface area (Å²) in [6, 6.07) is 8.13. The highest BCUT2D eigenvalue weighted by Gasteiger charge is 2.27. The van der Waals surface area contributed by atoms with E-state index in [0.29, 0.717) is 12.5 Å². The summed E-state index contributed by atoms with van der Waals surface area (Å²) >= 11 is 0. The van der Waals surface area contributed by atoms with Gasteiger partial charge in [0.2, 0.25) is 5.89 Å². The summed E-state index contributed by atoms with van der Waals surface area (Å²) in [6.45, 7) is 2.86. The van der Waals surface area contributed by atoms with Crippen LogP contribution in [0.3, 0.4) is 0 Å². The first-order valence-corrected chi connectivity index (χ1v) is 7.65. The summed E-state index contributed by atoms with van der Waals surface area (Å²) in [7, 11) is 0. The van der Waals surface area contributed by atoms with Gasteiger partial charge in [-0.3, -0.25) is 0 Å². The quantitative estimate of drug-likeness (QED) is 0.936. The van der Waals surface area contributed by atoms with Gasteiger partial charge in [0.1, 0.15) is 5.75 Å². The number of nitrogens with zero attached hydrogens (tertiary/aromatic N) is 2. The smallest absolute Gasteiger partial charge is 0.226 e. The monoisotopic (exact) mass is 285 g/mol. The second kappa shape index (κ2) is 5.48. The van der Waals surface area contributed by atoms with Crippen LogP contribution in [-0.2, 0) is 6.42 Å². The minimum Gasteiger partial charge on any atom is -0.493 e. The maximum absolute atomic E-state index is 5.70. The van der Waals surface area contributed by atoms with E-state index in [4.69, 9.17) is 9.26 Å². The highest BCUT2D eigenvalue weighted by molar-refractivity contribution is 5.40. The molecule has 2 aliphatic rings. The number of hydrogen-bond acceptors (Lipinski definition) is 5. The second-order valence-corrected chi connectivity index (χ2v) is 5.84. The van der Waals surface area contributed by atoms with Gasteiger partial charge in [0.05, 0.1) is 12.5 Å². The molecule has 1 saturated heterocycles. The minimum atomic E-state index is 0.189. The van der Waals surface area contributed by atoms with Gasteiger partial charge in [-0.05, 0) is 37.9 Å². The van der Waals surface area contributed by atoms with E-state index in [1.165, 1.54) is 12.0 Å². The summed E-state index contributed by atoms with van der Waals surface area (Å²) < 4.78 is 11.2. The molecule has 1 aromatic carbocycles. The van der Waals surface area contributed by atoms with Gasteiger partial charge >= 0.3 is 0 Å². The normalized spacial score (nSPS) is 24.6. The van der Waals surface area contributed by atoms with Crippen LogP contribution in [0.2, 0.25) is 0 Å². The molecule has 21 heavy (non-hydrogen) atoms. The molecule has 4 rings (SSSR count). The number of para-hydroxylation sites is 1. The molecule has 2 atom stereocenters. The number of hydrogen-bond donors (Lipinski definition) is 1. The van der Waals surface area contributed by atoms with Crippen molar-refractivity contribution in [3.8, 4) is 5.75 Å². The molecule has 1 fully saturated rings. The largest absolute Gasteiger partial charge is 0.493 e. The van der Waals surface area contributed by atoms with Crippen LogP contribution < -0.4 is 10.1 Å². The summed E-state index contributed by atoms with van der Waals surface area (Å²) in [6.07, 6.45) is 2.98. The Morgan fingerprint density at radius 2 is 2.19 bits per heavy atom. The van der Waals surface area contributed by atoms with Gasteiger partial charge in [0.15, 0.2) is 5.82 Å². The first-order valence-electron chi connectivity index (χ1n) is 7.65. The average Bonchev–Trinajstić information content (AvgIpc) is 3.19. The number of nitrogens with one attached hydrogen (secondary N) is 1. The molecule has 1 N–H and O–H groups in total. The van der Waals surface area contributed by atoms with Crippen LogP contribution in [-0.4, -0.2) is 29.8 Å². The van der Waals surface area contributed by atoms with Gasteiger partial charge in [-0.2, -0.15) is 4.98 Å². The summed E-state index contributed by atoms with van der Waals surface area (Å²) in [5, 5.41) is 7.59. The Bertz CT molecular complexity index is 619. The molecule has 110 valence electrons. The number of ether oxygens (including phenoxy) is 1. The molecule has 3 heterocycles. The van der Waals surface area contributed by atoms with Crippen LogP contribution in [0.25, 0.3) is 0 Å². The summed E-state index contributed by atoms with van der Waals surface area (Å²) in [5.41, 5.74) is 1.17. The second-order valence-electron chi connectivity index (χ2n) is 5.84. The van der Waals surface area contributed by atoms with Crippen LogP contribution in [0.5, 0.6) is 5.75 Å². The van der Waals surface area contributed by atoms with E-state index in [1.807, 2.05) is 18.2 Å². The Labute approximate surface area is 123 Å². The molecule has 2 unspecified atom stereocenters. The van der Waals surface area contributed by atoms with Crippen molar-refractivity contribution in [3.63, 3.8) is 0 Å². The maximum atomic E-state index is 5.70. The van der Waals surface area contributed by atoms with Crippen molar-refractivity contribution in [2.75, 3.05) is 19.7 Å². The Morgan fingerprint density at radius 3 is 3.10 bits per heavy atom. The third-order valence-corrected chi connectivity index (χ3v) is 4.38. The average molecular weight is 285 g/mol. The van der Waals surface area contributed by atoms with Crippen LogP contribution in [0.1, 0.15) is 36.0 Å². The number of rotatable bonds is 3. The lowest BCUT2D eigenvalue weighted by Crippen LogP contribution is -2.16. The van der Waals surface area contributed by atoms with Gasteiger partial charge in [0.25, 0.3) is 0 Å². The molecule has 0 radical (unpaired) electrons. The van der Waals surface area contributed by atoms with E-state index in [-0.39, 0.29) is 5.92 Å². The summed E-state index contributed by atoms with van der Waals surface area (Å²) in [5.74, 6) is 3.32. The Kier molecular flexibility index (Phi) is 3.35. The van der Waals surface area contributed by atoms with E-state index in [0.717, 1.165) is 43.4 Å². The Balaban J connectivity index is 1.56. The molecule has 1 aromatic heterocycles. The lowest BCUT2D eigenvalue weighted by atomic mass is 9.92. The lowest BCUT2D eigenvalue weighted by molar-refractivity contribution is 0.272. The molecular formula is C16H19N3O2. The molecule has 0 aliphatic carbocycles. The first kappa shape index (κ1) is 12.8. The zero-order valence-electron chi connectivity index (χ0n) is 11.9. The standard InChI is InChI=1S/C16H19N3O2/c1-2-4-14-12(3-1)13(6-8-20-14)16-18-15(21-19-16)9-11-5-7-17-10-11/h1-4,11,13,17H,5-10H2. The molecule has 0 saturated carbocycles. The van der Waals surface area contributed by atoms with Crippen molar-refractivity contribution in [1.82, 2.24) is 15.5 Å². The fraction of sp³-hybridized carbons (Fsp3) is 0.500. The molecule has 0 bridgehead atoms. The number of benzene rings is 1. The van der Waals surface area contributed by atoms with Gasteiger partial charge in [0, 0.05) is 12.0 Å². The Morgan fingerprint density at radius 1 is 1.24 bits per heavy atom. The van der Waals surface area contributed by atoms with Crippen molar-refractivity contribution >= 4 is 0 Å². The van der Waals surface area contributed by atoms with Crippen molar-refractivity contribution < 1.29 is 9.26 Å². The molecule has 2 aromatic rings. The van der Waals surface area contributed by atoms with Crippen molar-refractivity contribution in [2.24, 2.45) is 5.92 Å². The lowest BCUT2D eigenvalue weighted by Gasteiger charge is -2.23. The fourth-order valence-electron chi connectivity index (χ4n) is 3.24. The van der Waals surface area contributed by atoms with Gasteiger partial charge in [-0.1, -0.05) is 23.4 Å². The van der Waals surface area contributed by atoms with E-state index < -0.39 is 0 Å². The zero-order chi connectivity index (χ0) is 14.1. The number of fused-ring (bicyclic) bond motifs is 1. The van der Waals surface area contributed by atoms with Crippen molar-refractivity contribution in [1.29, 1.82) is 0 Å². The molecule has 0 amide bonds. The molecule has 5 heteroatoms. The van der Waals surface area contributed by atoms with Crippen LogP contribution in [0.15, 0.2) is 28.8 Å².